The first kappa shape index (κ1) is 13.6. The normalized spacial score (nSPS) is 26.5. The zero-order valence-electron chi connectivity index (χ0n) is 12.2. The second-order valence-corrected chi connectivity index (χ2v) is 6.53. The first-order valence-electron chi connectivity index (χ1n) is 6.78. The minimum atomic E-state index is 0.0370. The minimum absolute atomic E-state index is 0.0370. The number of nitrogens with one attached hydrogen (secondary N) is 1. The van der Waals surface area contributed by atoms with E-state index in [0.29, 0.717) is 12.1 Å². The van der Waals surface area contributed by atoms with Gasteiger partial charge in [-0.3, -0.25) is 4.90 Å². The number of hydrogen-bond acceptors (Lipinski definition) is 4. The molecule has 18 heavy (non-hydrogen) atoms. The molecule has 0 bridgehead atoms. The first-order valence-corrected chi connectivity index (χ1v) is 6.78. The lowest BCUT2D eigenvalue weighted by molar-refractivity contribution is 0.152. The van der Waals surface area contributed by atoms with Crippen LogP contribution in [0.1, 0.15) is 46.3 Å². The molecule has 1 aliphatic heterocycles. The molecule has 1 fully saturated rings. The van der Waals surface area contributed by atoms with Crippen LogP contribution in [-0.4, -0.2) is 35.1 Å². The van der Waals surface area contributed by atoms with E-state index in [2.05, 4.69) is 49.8 Å². The molecule has 2 atom stereocenters. The van der Waals surface area contributed by atoms with E-state index in [1.807, 2.05) is 6.20 Å². The van der Waals surface area contributed by atoms with Crippen molar-refractivity contribution in [3.05, 3.63) is 17.8 Å². The van der Waals surface area contributed by atoms with Crippen LogP contribution in [0.15, 0.2) is 10.6 Å². The SMILES string of the molecule is CC1CN(Cc2ncc(C(C)(C)C)o2)CC(C)N1. The smallest absolute Gasteiger partial charge is 0.208 e. The van der Waals surface area contributed by atoms with E-state index < -0.39 is 0 Å². The van der Waals surface area contributed by atoms with Crippen LogP contribution in [0.5, 0.6) is 0 Å². The fraction of sp³-hybridized carbons (Fsp3) is 0.786. The summed E-state index contributed by atoms with van der Waals surface area (Å²) in [6, 6.07) is 1.07. The number of oxazole rings is 1. The summed E-state index contributed by atoms with van der Waals surface area (Å²) < 4.78 is 5.85. The van der Waals surface area contributed by atoms with Crippen molar-refractivity contribution in [2.24, 2.45) is 0 Å². The average molecular weight is 251 g/mol. The van der Waals surface area contributed by atoms with Crippen molar-refractivity contribution in [3.8, 4) is 0 Å². The van der Waals surface area contributed by atoms with Gasteiger partial charge in [-0.1, -0.05) is 20.8 Å². The van der Waals surface area contributed by atoms with Crippen LogP contribution in [0.2, 0.25) is 0 Å². The largest absolute Gasteiger partial charge is 0.444 e. The predicted molar refractivity (Wildman–Crippen MR) is 72.5 cm³/mol. The van der Waals surface area contributed by atoms with Gasteiger partial charge in [-0.15, -0.1) is 0 Å². The molecule has 1 aliphatic rings. The molecule has 2 rings (SSSR count). The molecular formula is C14H25N3O. The lowest BCUT2D eigenvalue weighted by Crippen LogP contribution is -2.53. The Balaban J connectivity index is 1.99. The highest BCUT2D eigenvalue weighted by Crippen LogP contribution is 2.23. The van der Waals surface area contributed by atoms with Crippen molar-refractivity contribution in [3.63, 3.8) is 0 Å². The second-order valence-electron chi connectivity index (χ2n) is 6.53. The fourth-order valence-electron chi connectivity index (χ4n) is 2.49. The van der Waals surface area contributed by atoms with Crippen LogP contribution in [-0.2, 0) is 12.0 Å². The van der Waals surface area contributed by atoms with Crippen molar-refractivity contribution >= 4 is 0 Å². The van der Waals surface area contributed by atoms with Gasteiger partial charge >= 0.3 is 0 Å². The molecule has 1 aromatic heterocycles. The Morgan fingerprint density at radius 1 is 1.33 bits per heavy atom. The molecule has 0 spiro atoms. The maximum Gasteiger partial charge on any atom is 0.208 e. The van der Waals surface area contributed by atoms with E-state index in [1.54, 1.807) is 0 Å². The van der Waals surface area contributed by atoms with Gasteiger partial charge in [0, 0.05) is 30.6 Å². The third-order valence-electron chi connectivity index (χ3n) is 3.28. The number of hydrogen-bond donors (Lipinski definition) is 1. The highest BCUT2D eigenvalue weighted by atomic mass is 16.4. The van der Waals surface area contributed by atoms with Crippen LogP contribution in [0.3, 0.4) is 0 Å². The Morgan fingerprint density at radius 3 is 2.44 bits per heavy atom. The number of piperazine rings is 1. The van der Waals surface area contributed by atoms with Gasteiger partial charge in [-0.05, 0) is 13.8 Å². The summed E-state index contributed by atoms with van der Waals surface area (Å²) in [6.07, 6.45) is 1.87. The molecule has 1 saturated heterocycles. The van der Waals surface area contributed by atoms with Crippen LogP contribution >= 0.6 is 0 Å². The molecule has 0 saturated carbocycles. The van der Waals surface area contributed by atoms with Crippen molar-refractivity contribution in [2.75, 3.05) is 13.1 Å². The molecule has 1 aromatic rings. The molecular weight excluding hydrogens is 226 g/mol. The van der Waals surface area contributed by atoms with Gasteiger partial charge in [0.25, 0.3) is 0 Å². The van der Waals surface area contributed by atoms with Crippen LogP contribution in [0, 0.1) is 0 Å². The molecule has 4 heteroatoms. The third-order valence-corrected chi connectivity index (χ3v) is 3.28. The predicted octanol–water partition coefficient (Wildman–Crippen LogP) is 2.15. The molecule has 1 N–H and O–H groups in total. The van der Waals surface area contributed by atoms with Gasteiger partial charge in [0.1, 0.15) is 5.76 Å². The van der Waals surface area contributed by atoms with E-state index >= 15 is 0 Å². The van der Waals surface area contributed by atoms with Gasteiger partial charge < -0.3 is 9.73 Å². The Bertz CT molecular complexity index is 384. The second kappa shape index (κ2) is 5.02. The summed E-state index contributed by atoms with van der Waals surface area (Å²) in [5.74, 6) is 1.80. The monoisotopic (exact) mass is 251 g/mol. The standard InChI is InChI=1S/C14H25N3O/c1-10-7-17(8-11(2)16-10)9-13-15-6-12(18-13)14(3,4)5/h6,10-11,16H,7-9H2,1-5H3. The van der Waals surface area contributed by atoms with Crippen LogP contribution in [0.25, 0.3) is 0 Å². The number of rotatable bonds is 2. The maximum atomic E-state index is 5.85. The Kier molecular flexibility index (Phi) is 3.78. The molecule has 0 amide bonds. The Labute approximate surface area is 110 Å². The highest BCUT2D eigenvalue weighted by Gasteiger charge is 2.24. The Hall–Kier alpha value is -0.870. The first-order chi connectivity index (χ1) is 8.34. The molecule has 0 aliphatic carbocycles. The van der Waals surface area contributed by atoms with E-state index in [-0.39, 0.29) is 5.41 Å². The molecule has 2 heterocycles. The van der Waals surface area contributed by atoms with E-state index in [0.717, 1.165) is 31.3 Å². The number of aromatic nitrogens is 1. The zero-order valence-corrected chi connectivity index (χ0v) is 12.2. The van der Waals surface area contributed by atoms with Gasteiger partial charge in [0.15, 0.2) is 0 Å². The summed E-state index contributed by atoms with van der Waals surface area (Å²) in [5, 5.41) is 3.53. The zero-order chi connectivity index (χ0) is 13.3. The third kappa shape index (κ3) is 3.33. The lowest BCUT2D eigenvalue weighted by atomic mass is 9.94. The van der Waals surface area contributed by atoms with Gasteiger partial charge in [0.05, 0.1) is 12.7 Å². The summed E-state index contributed by atoms with van der Waals surface area (Å²) in [7, 11) is 0. The van der Waals surface area contributed by atoms with Crippen molar-refractivity contribution in [1.82, 2.24) is 15.2 Å². The van der Waals surface area contributed by atoms with Crippen LogP contribution in [0.4, 0.5) is 0 Å². The van der Waals surface area contributed by atoms with Crippen molar-refractivity contribution < 1.29 is 4.42 Å². The van der Waals surface area contributed by atoms with Gasteiger partial charge in [-0.2, -0.15) is 0 Å². The molecule has 4 nitrogen and oxygen atoms in total. The molecule has 102 valence electrons. The summed E-state index contributed by atoms with van der Waals surface area (Å²) in [6.45, 7) is 13.8. The van der Waals surface area contributed by atoms with E-state index in [4.69, 9.17) is 4.42 Å². The van der Waals surface area contributed by atoms with Gasteiger partial charge in [0.2, 0.25) is 5.89 Å². The van der Waals surface area contributed by atoms with Crippen molar-refractivity contribution in [2.45, 2.75) is 58.7 Å². The van der Waals surface area contributed by atoms with Gasteiger partial charge in [-0.25, -0.2) is 4.98 Å². The quantitative estimate of drug-likeness (QED) is 0.874. The summed E-state index contributed by atoms with van der Waals surface area (Å²) in [5.41, 5.74) is 0.0370. The van der Waals surface area contributed by atoms with E-state index in [9.17, 15) is 0 Å². The summed E-state index contributed by atoms with van der Waals surface area (Å²) in [4.78, 5) is 6.80. The summed E-state index contributed by atoms with van der Waals surface area (Å²) >= 11 is 0. The molecule has 2 unspecified atom stereocenters. The molecule has 0 radical (unpaired) electrons. The van der Waals surface area contributed by atoms with Crippen LogP contribution < -0.4 is 5.32 Å². The maximum absolute atomic E-state index is 5.85. The van der Waals surface area contributed by atoms with E-state index in [1.165, 1.54) is 0 Å². The number of nitrogens with zero attached hydrogens (tertiary/aromatic N) is 2. The molecule has 0 aromatic carbocycles. The van der Waals surface area contributed by atoms with Crippen molar-refractivity contribution in [1.29, 1.82) is 0 Å². The topological polar surface area (TPSA) is 41.3 Å². The highest BCUT2D eigenvalue weighted by molar-refractivity contribution is 5.06. The minimum Gasteiger partial charge on any atom is -0.444 e. The average Bonchev–Trinajstić information content (AvgIpc) is 2.63. The lowest BCUT2D eigenvalue weighted by Gasteiger charge is -2.35. The fourth-order valence-corrected chi connectivity index (χ4v) is 2.49. The Morgan fingerprint density at radius 2 is 1.94 bits per heavy atom.